The lowest BCUT2D eigenvalue weighted by Gasteiger charge is -2.31. The first-order valence-corrected chi connectivity index (χ1v) is 21.2. The van der Waals surface area contributed by atoms with Gasteiger partial charge in [0.1, 0.15) is 30.2 Å². The van der Waals surface area contributed by atoms with Gasteiger partial charge in [-0.1, -0.05) is 84.8 Å². The molecule has 62 heavy (non-hydrogen) atoms. The Balaban J connectivity index is 2.33. The van der Waals surface area contributed by atoms with Crippen molar-refractivity contribution in [1.82, 2.24) is 52.7 Å². The van der Waals surface area contributed by atoms with Crippen molar-refractivity contribution in [2.45, 2.75) is 167 Å². The van der Waals surface area contributed by atoms with E-state index in [1.807, 2.05) is 19.3 Å². The second-order valence-electron chi connectivity index (χ2n) is 16.1. The van der Waals surface area contributed by atoms with Crippen LogP contribution in [0.2, 0.25) is 0 Å². The number of hydrogen-bond acceptors (Lipinski definition) is 14. The van der Waals surface area contributed by atoms with E-state index >= 15 is 0 Å². The highest BCUT2D eigenvalue weighted by atomic mass is 16.7. The van der Waals surface area contributed by atoms with Gasteiger partial charge >= 0.3 is 23.9 Å². The summed E-state index contributed by atoms with van der Waals surface area (Å²) in [5.41, 5.74) is 1.96. The standard InChI is InChI=1S/C39H64N10O13/c1-6-11-24(34-45-48-49-46-34)40-36(58)27(19-23-12-9-8-10-13-23)43-39(61)33(22(5)7-2)44-37(59)26(18-21(3)4)42-35(57)25(14-15-29(50)51)41-38(60)28(20-31(54)55)47-62-32(56)17-16-30(52)53/h21-28,33,47H,6-20H2,1-5H3,(H,40,58)(H,41,60)(H,42,57)(H,43,61)(H,44,59)(H,50,51)(H,52,53)(H,54,55)(H,45,46,48,49)/t22-,24+,25-,26+,27+,28+,33+/m1/s1. The number of hydroxylamine groups is 1. The molecule has 0 aliphatic heterocycles. The van der Waals surface area contributed by atoms with Gasteiger partial charge in [-0.2, -0.15) is 5.21 Å². The van der Waals surface area contributed by atoms with Gasteiger partial charge in [-0.05, 0) is 43.4 Å². The summed E-state index contributed by atoms with van der Waals surface area (Å²) in [7, 11) is 0. The van der Waals surface area contributed by atoms with E-state index < -0.39 is 128 Å². The molecule has 2 rings (SSSR count). The smallest absolute Gasteiger partial charge is 0.325 e. The zero-order valence-electron chi connectivity index (χ0n) is 36.1. The van der Waals surface area contributed by atoms with Crippen LogP contribution in [-0.2, 0) is 48.0 Å². The summed E-state index contributed by atoms with van der Waals surface area (Å²) in [5.74, 6) is -9.55. The molecule has 0 bridgehead atoms. The number of aromatic nitrogens is 4. The average molecular weight is 881 g/mol. The van der Waals surface area contributed by atoms with Crippen molar-refractivity contribution in [2.24, 2.45) is 17.8 Å². The summed E-state index contributed by atoms with van der Waals surface area (Å²) in [5, 5.41) is 55.0. The maximum absolute atomic E-state index is 14.2. The Labute approximate surface area is 359 Å². The van der Waals surface area contributed by atoms with Crippen molar-refractivity contribution in [3.63, 3.8) is 0 Å². The van der Waals surface area contributed by atoms with Crippen LogP contribution < -0.4 is 32.1 Å². The maximum Gasteiger partial charge on any atom is 0.325 e. The Bertz CT molecular complexity index is 1650. The number of hydrogen-bond donors (Lipinski definition) is 10. The molecule has 23 heteroatoms. The lowest BCUT2D eigenvalue weighted by atomic mass is 9.84. The largest absolute Gasteiger partial charge is 0.481 e. The molecule has 1 heterocycles. The lowest BCUT2D eigenvalue weighted by Crippen LogP contribution is -2.60. The lowest BCUT2D eigenvalue weighted by molar-refractivity contribution is -0.159. The number of carboxylic acids is 3. The van der Waals surface area contributed by atoms with E-state index in [1.165, 1.54) is 0 Å². The number of carbonyl (C=O) groups is 9. The van der Waals surface area contributed by atoms with Gasteiger partial charge < -0.3 is 46.7 Å². The summed E-state index contributed by atoms with van der Waals surface area (Å²) < 4.78 is 0. The molecule has 5 amide bonds. The van der Waals surface area contributed by atoms with Crippen LogP contribution in [0.25, 0.3) is 0 Å². The number of amides is 5. The van der Waals surface area contributed by atoms with Gasteiger partial charge in [0.15, 0.2) is 5.82 Å². The summed E-state index contributed by atoms with van der Waals surface area (Å²) in [4.78, 5) is 120. The van der Waals surface area contributed by atoms with E-state index in [9.17, 15) is 53.4 Å². The minimum absolute atomic E-state index is 0.0309. The summed E-state index contributed by atoms with van der Waals surface area (Å²) in [6.07, 6.45) is 3.54. The predicted octanol–water partition coefficient (Wildman–Crippen LogP) is 0.780. The number of tetrazole rings is 1. The summed E-state index contributed by atoms with van der Waals surface area (Å²) in [6, 6.07) is -7.48. The molecule has 1 fully saturated rings. The quantitative estimate of drug-likeness (QED) is 0.0497. The van der Waals surface area contributed by atoms with Crippen LogP contribution in [0, 0.1) is 17.8 Å². The van der Waals surface area contributed by atoms with E-state index in [2.05, 4.69) is 52.0 Å². The molecule has 7 atom stereocenters. The fourth-order valence-electron chi connectivity index (χ4n) is 6.89. The molecule has 1 aromatic heterocycles. The van der Waals surface area contributed by atoms with E-state index in [-0.39, 0.29) is 18.3 Å². The average Bonchev–Trinajstić information content (AvgIpc) is 3.76. The highest BCUT2D eigenvalue weighted by Gasteiger charge is 2.36. The molecule has 1 aliphatic carbocycles. The van der Waals surface area contributed by atoms with Crippen LogP contribution in [-0.4, -0.2) is 120 Å². The zero-order valence-corrected chi connectivity index (χ0v) is 36.1. The molecule has 1 saturated carbocycles. The molecular weight excluding hydrogens is 816 g/mol. The van der Waals surface area contributed by atoms with Crippen molar-refractivity contribution in [2.75, 3.05) is 0 Å². The molecule has 1 aliphatic rings. The Morgan fingerprint density at radius 2 is 1.29 bits per heavy atom. The van der Waals surface area contributed by atoms with Gasteiger partial charge in [-0.25, -0.2) is 0 Å². The molecule has 10 N–H and O–H groups in total. The highest BCUT2D eigenvalue weighted by Crippen LogP contribution is 2.28. The minimum atomic E-state index is -1.80. The SMILES string of the molecule is CCC[C@H](NC(=O)[C@H](CC1CCCCC1)NC(=O)[C@@H](NC(=O)[C@H](CC(C)C)NC(=O)[C@@H](CCC(=O)O)NC(=O)[C@H](CC(=O)O)NOC(=O)CCC(=O)O)[C@H](C)CC)c1nn[nH]n1. The number of aliphatic carboxylic acids is 3. The Hall–Kier alpha value is -5.74. The van der Waals surface area contributed by atoms with Gasteiger partial charge in [-0.15, -0.1) is 15.7 Å². The molecule has 0 saturated heterocycles. The van der Waals surface area contributed by atoms with Gasteiger partial charge in [-0.3, -0.25) is 43.2 Å². The molecule has 0 spiro atoms. The third kappa shape index (κ3) is 19.3. The molecule has 0 radical (unpaired) electrons. The number of nitrogens with zero attached hydrogens (tertiary/aromatic N) is 3. The van der Waals surface area contributed by atoms with Crippen LogP contribution in [0.3, 0.4) is 0 Å². The molecule has 0 aromatic carbocycles. The van der Waals surface area contributed by atoms with Crippen LogP contribution in [0.5, 0.6) is 0 Å². The molecular formula is C39H64N10O13. The van der Waals surface area contributed by atoms with E-state index in [0.717, 1.165) is 32.1 Å². The van der Waals surface area contributed by atoms with Crippen molar-refractivity contribution < 1.29 is 63.3 Å². The van der Waals surface area contributed by atoms with Gasteiger partial charge in [0.2, 0.25) is 29.5 Å². The van der Waals surface area contributed by atoms with Crippen molar-refractivity contribution in [3.05, 3.63) is 5.82 Å². The fourth-order valence-corrected chi connectivity index (χ4v) is 6.89. The van der Waals surface area contributed by atoms with Crippen molar-refractivity contribution in [1.29, 1.82) is 0 Å². The van der Waals surface area contributed by atoms with Crippen LogP contribution in [0.1, 0.15) is 143 Å². The number of rotatable bonds is 29. The van der Waals surface area contributed by atoms with E-state index in [4.69, 9.17) is 5.11 Å². The number of aromatic amines is 1. The number of nitrogens with one attached hydrogen (secondary N) is 7. The molecule has 348 valence electrons. The first kappa shape index (κ1) is 52.4. The van der Waals surface area contributed by atoms with Crippen LogP contribution in [0.4, 0.5) is 0 Å². The number of carbonyl (C=O) groups excluding carboxylic acids is 6. The topological polar surface area (TPSA) is 350 Å². The van der Waals surface area contributed by atoms with Crippen molar-refractivity contribution in [3.8, 4) is 0 Å². The van der Waals surface area contributed by atoms with Gasteiger partial charge in [0.25, 0.3) is 0 Å². The third-order valence-corrected chi connectivity index (χ3v) is 10.5. The molecule has 0 unspecified atom stereocenters. The summed E-state index contributed by atoms with van der Waals surface area (Å²) in [6.45, 7) is 9.03. The first-order chi connectivity index (χ1) is 29.3. The van der Waals surface area contributed by atoms with E-state index in [0.29, 0.717) is 31.5 Å². The number of H-pyrrole nitrogens is 1. The molecule has 1 aromatic rings. The van der Waals surface area contributed by atoms with Gasteiger partial charge in [0, 0.05) is 6.42 Å². The first-order valence-electron chi connectivity index (χ1n) is 21.2. The van der Waals surface area contributed by atoms with Crippen molar-refractivity contribution >= 4 is 53.4 Å². The molecule has 23 nitrogen and oxygen atoms in total. The second-order valence-corrected chi connectivity index (χ2v) is 16.1. The zero-order chi connectivity index (χ0) is 46.4. The fraction of sp³-hybridized carbons (Fsp3) is 0.744. The summed E-state index contributed by atoms with van der Waals surface area (Å²) >= 11 is 0. The van der Waals surface area contributed by atoms with Crippen LogP contribution >= 0.6 is 0 Å². The Morgan fingerprint density at radius 1 is 0.694 bits per heavy atom. The van der Waals surface area contributed by atoms with Gasteiger partial charge in [0.05, 0.1) is 25.3 Å². The monoisotopic (exact) mass is 880 g/mol. The normalized spacial score (nSPS) is 16.3. The third-order valence-electron chi connectivity index (χ3n) is 10.5. The van der Waals surface area contributed by atoms with E-state index in [1.54, 1.807) is 20.8 Å². The number of carboxylic acid groups (broad SMARTS) is 3. The highest BCUT2D eigenvalue weighted by molar-refractivity contribution is 5.96. The Morgan fingerprint density at radius 3 is 1.85 bits per heavy atom. The van der Waals surface area contributed by atoms with Crippen LogP contribution in [0.15, 0.2) is 0 Å². The minimum Gasteiger partial charge on any atom is -0.481 e. The second kappa shape index (κ2) is 27.3. The predicted molar refractivity (Wildman–Crippen MR) is 217 cm³/mol. The Kier molecular flexibility index (Phi) is 23.0. The maximum atomic E-state index is 14.2.